The van der Waals surface area contributed by atoms with Crippen LogP contribution in [0, 0.1) is 19.7 Å². The van der Waals surface area contributed by atoms with Gasteiger partial charge in [0.05, 0.1) is 11.3 Å². The lowest BCUT2D eigenvalue weighted by Crippen LogP contribution is -2.50. The number of rotatable bonds is 7. The summed E-state index contributed by atoms with van der Waals surface area (Å²) >= 11 is 0. The highest BCUT2D eigenvalue weighted by molar-refractivity contribution is 5.94. The van der Waals surface area contributed by atoms with Gasteiger partial charge in [-0.2, -0.15) is 0 Å². The molecule has 188 valence electrons. The van der Waals surface area contributed by atoms with Gasteiger partial charge < -0.3 is 19.1 Å². The molecule has 0 unspecified atom stereocenters. The number of ether oxygens (including phenoxy) is 1. The molecule has 0 saturated carbocycles. The number of halogens is 1. The van der Waals surface area contributed by atoms with E-state index in [-0.39, 0.29) is 18.3 Å². The predicted octanol–water partition coefficient (Wildman–Crippen LogP) is 4.00. The molecule has 7 nitrogen and oxygen atoms in total. The molecular formula is C28H30FN3O4. The van der Waals surface area contributed by atoms with Gasteiger partial charge >= 0.3 is 5.97 Å². The van der Waals surface area contributed by atoms with E-state index in [1.54, 1.807) is 23.1 Å². The number of piperazine rings is 1. The van der Waals surface area contributed by atoms with Crippen LogP contribution in [0.25, 0.3) is 0 Å². The van der Waals surface area contributed by atoms with Gasteiger partial charge in [-0.3, -0.25) is 9.59 Å². The summed E-state index contributed by atoms with van der Waals surface area (Å²) in [5.74, 6) is -1.46. The van der Waals surface area contributed by atoms with Crippen molar-refractivity contribution in [1.82, 2.24) is 9.47 Å². The highest BCUT2D eigenvalue weighted by Crippen LogP contribution is 2.23. The lowest BCUT2D eigenvalue weighted by Gasteiger charge is -2.36. The molecular weight excluding hydrogens is 461 g/mol. The molecule has 1 fully saturated rings. The second kappa shape index (κ2) is 10.8. The van der Waals surface area contributed by atoms with Crippen molar-refractivity contribution in [1.29, 1.82) is 0 Å². The lowest BCUT2D eigenvalue weighted by molar-refractivity contribution is -0.134. The summed E-state index contributed by atoms with van der Waals surface area (Å²) in [6, 6.07) is 16.2. The molecule has 2 heterocycles. The van der Waals surface area contributed by atoms with E-state index in [2.05, 4.69) is 4.57 Å². The van der Waals surface area contributed by atoms with Gasteiger partial charge in [-0.1, -0.05) is 30.3 Å². The number of hydrogen-bond donors (Lipinski definition) is 0. The number of amides is 1. The minimum absolute atomic E-state index is 0.191. The maximum atomic E-state index is 14.5. The van der Waals surface area contributed by atoms with Crippen LogP contribution < -0.4 is 4.90 Å². The molecule has 1 aliphatic heterocycles. The molecule has 1 amide bonds. The number of aryl methyl sites for hydroxylation is 1. The van der Waals surface area contributed by atoms with Crippen molar-refractivity contribution >= 4 is 23.3 Å². The summed E-state index contributed by atoms with van der Waals surface area (Å²) in [5.41, 5.74) is 4.04. The summed E-state index contributed by atoms with van der Waals surface area (Å²) in [7, 11) is 0. The van der Waals surface area contributed by atoms with Gasteiger partial charge in [0.15, 0.2) is 12.4 Å². The number of anilines is 1. The van der Waals surface area contributed by atoms with Crippen LogP contribution in [-0.2, 0) is 16.1 Å². The molecule has 0 radical (unpaired) electrons. The van der Waals surface area contributed by atoms with Gasteiger partial charge in [-0.25, -0.2) is 9.18 Å². The molecule has 0 atom stereocenters. The fourth-order valence-electron chi connectivity index (χ4n) is 4.49. The molecule has 1 aromatic heterocycles. The molecule has 1 aliphatic rings. The molecule has 8 heteroatoms. The van der Waals surface area contributed by atoms with E-state index in [0.717, 1.165) is 17.0 Å². The summed E-state index contributed by atoms with van der Waals surface area (Å²) < 4.78 is 21.9. The normalized spacial score (nSPS) is 13.6. The first-order valence-electron chi connectivity index (χ1n) is 12.0. The first-order chi connectivity index (χ1) is 17.2. The Balaban J connectivity index is 1.31. The predicted molar refractivity (Wildman–Crippen MR) is 135 cm³/mol. The third-order valence-corrected chi connectivity index (χ3v) is 6.63. The zero-order valence-electron chi connectivity index (χ0n) is 20.8. The molecule has 4 rings (SSSR count). The van der Waals surface area contributed by atoms with Crippen molar-refractivity contribution in [3.8, 4) is 0 Å². The van der Waals surface area contributed by atoms with Gasteiger partial charge in [0, 0.05) is 49.7 Å². The fourth-order valence-corrected chi connectivity index (χ4v) is 4.49. The molecule has 0 aliphatic carbocycles. The van der Waals surface area contributed by atoms with E-state index < -0.39 is 11.8 Å². The third-order valence-electron chi connectivity index (χ3n) is 6.63. The highest BCUT2D eigenvalue weighted by atomic mass is 19.1. The van der Waals surface area contributed by atoms with Crippen LogP contribution in [0.1, 0.15) is 44.6 Å². The number of Topliss-reactive ketones (excluding diaryl/α,β-unsaturated/α-hetero) is 1. The Kier molecular flexibility index (Phi) is 7.52. The summed E-state index contributed by atoms with van der Waals surface area (Å²) in [5, 5.41) is 0. The summed E-state index contributed by atoms with van der Waals surface area (Å²) in [4.78, 5) is 40.3. The van der Waals surface area contributed by atoms with Crippen LogP contribution in [0.2, 0.25) is 0 Å². The lowest BCUT2D eigenvalue weighted by atomic mass is 10.1. The molecule has 0 spiro atoms. The van der Waals surface area contributed by atoms with Crippen LogP contribution in [-0.4, -0.2) is 59.9 Å². The van der Waals surface area contributed by atoms with E-state index >= 15 is 0 Å². The van der Waals surface area contributed by atoms with Crippen molar-refractivity contribution in [2.24, 2.45) is 0 Å². The molecule has 3 aromatic rings. The number of nitrogens with zero attached hydrogens (tertiary/aromatic N) is 3. The zero-order valence-corrected chi connectivity index (χ0v) is 20.8. The first-order valence-corrected chi connectivity index (χ1v) is 12.0. The number of benzene rings is 2. The van der Waals surface area contributed by atoms with E-state index in [4.69, 9.17) is 4.74 Å². The summed E-state index contributed by atoms with van der Waals surface area (Å²) in [6.07, 6.45) is 0. The molecule has 1 saturated heterocycles. The van der Waals surface area contributed by atoms with Crippen LogP contribution >= 0.6 is 0 Å². The zero-order chi connectivity index (χ0) is 25.8. The molecule has 0 N–H and O–H groups in total. The number of carbonyl (C=O) groups is 3. The molecule has 2 aromatic carbocycles. The number of hydrogen-bond acceptors (Lipinski definition) is 5. The smallest absolute Gasteiger partial charge is 0.340 e. The van der Waals surface area contributed by atoms with Gasteiger partial charge in [-0.15, -0.1) is 0 Å². The Morgan fingerprint density at radius 2 is 1.64 bits per heavy atom. The van der Waals surface area contributed by atoms with Crippen LogP contribution in [0.4, 0.5) is 10.1 Å². The number of ketones is 1. The second-order valence-corrected chi connectivity index (χ2v) is 9.02. The van der Waals surface area contributed by atoms with Gasteiger partial charge in [0.25, 0.3) is 5.91 Å². The Hall–Kier alpha value is -3.94. The van der Waals surface area contributed by atoms with Crippen molar-refractivity contribution in [3.63, 3.8) is 0 Å². The Morgan fingerprint density at radius 3 is 2.28 bits per heavy atom. The van der Waals surface area contributed by atoms with E-state index in [0.29, 0.717) is 49.5 Å². The Labute approximate surface area is 210 Å². The monoisotopic (exact) mass is 491 g/mol. The van der Waals surface area contributed by atoms with Gasteiger partial charge in [0.1, 0.15) is 5.82 Å². The van der Waals surface area contributed by atoms with E-state index in [1.165, 1.54) is 13.0 Å². The average Bonchev–Trinajstić information content (AvgIpc) is 3.16. The van der Waals surface area contributed by atoms with Crippen LogP contribution in [0.3, 0.4) is 0 Å². The molecule has 0 bridgehead atoms. The fraction of sp³-hybridized carbons (Fsp3) is 0.321. The third kappa shape index (κ3) is 5.48. The van der Waals surface area contributed by atoms with Gasteiger partial charge in [0.2, 0.25) is 0 Å². The topological polar surface area (TPSA) is 71.9 Å². The molecule has 36 heavy (non-hydrogen) atoms. The minimum Gasteiger partial charge on any atom is -0.452 e. The van der Waals surface area contributed by atoms with E-state index in [1.807, 2.05) is 49.1 Å². The van der Waals surface area contributed by atoms with Crippen LogP contribution in [0.5, 0.6) is 0 Å². The quantitative estimate of drug-likeness (QED) is 0.369. The highest BCUT2D eigenvalue weighted by Gasteiger charge is 2.25. The van der Waals surface area contributed by atoms with Crippen LogP contribution in [0.15, 0.2) is 54.6 Å². The number of aromatic nitrogens is 1. The van der Waals surface area contributed by atoms with Gasteiger partial charge in [-0.05, 0) is 50.6 Å². The maximum absolute atomic E-state index is 14.5. The first kappa shape index (κ1) is 25.2. The maximum Gasteiger partial charge on any atom is 0.340 e. The Morgan fingerprint density at radius 1 is 0.944 bits per heavy atom. The number of esters is 1. The van der Waals surface area contributed by atoms with Crippen molar-refractivity contribution in [2.75, 3.05) is 37.7 Å². The minimum atomic E-state index is -0.526. The SMILES string of the molecule is CC(=O)c1ccc(N2CCN(C(=O)COC(=O)c3cc(C)n(Cc4ccccc4)c3C)CC2)c(F)c1. The van der Waals surface area contributed by atoms with Crippen molar-refractivity contribution in [2.45, 2.75) is 27.3 Å². The number of carbonyl (C=O) groups excluding carboxylic acids is 3. The second-order valence-electron chi connectivity index (χ2n) is 9.02. The standard InChI is InChI=1S/C28H30FN3O4/c1-19-15-24(20(2)32(19)17-22-7-5-4-6-8-22)28(35)36-18-27(34)31-13-11-30(12-14-31)26-10-9-23(21(3)33)16-25(26)29/h4-10,15-16H,11-14,17-18H2,1-3H3. The average molecular weight is 492 g/mol. The largest absolute Gasteiger partial charge is 0.452 e. The Bertz CT molecular complexity index is 1280. The van der Waals surface area contributed by atoms with Crippen molar-refractivity contribution < 1.29 is 23.5 Å². The van der Waals surface area contributed by atoms with Crippen molar-refractivity contribution in [3.05, 3.63) is 88.5 Å². The van der Waals surface area contributed by atoms with E-state index in [9.17, 15) is 18.8 Å². The summed E-state index contributed by atoms with van der Waals surface area (Å²) in [6.45, 7) is 7.16.